The molecule has 0 aliphatic rings. The highest BCUT2D eigenvalue weighted by atomic mass is 16.5. The van der Waals surface area contributed by atoms with Gasteiger partial charge in [0.25, 0.3) is 6.26 Å². The van der Waals surface area contributed by atoms with Crippen LogP contribution in [0.25, 0.3) is 0 Å². The molecule has 0 aromatic carbocycles. The maximum atomic E-state index is 13.1. The lowest BCUT2D eigenvalue weighted by molar-refractivity contribution is 0.158. The lowest BCUT2D eigenvalue weighted by atomic mass is 10.2. The largest absolute Gasteiger partial charge is 0.445 e. The number of aliphatic imine (C=N–C) groups is 1. The zero-order valence-electron chi connectivity index (χ0n) is 23.3. The minimum Gasteiger partial charge on any atom is -0.445 e. The van der Waals surface area contributed by atoms with Crippen LogP contribution in [-0.4, -0.2) is 52.2 Å². The maximum Gasteiger partial charge on any atom is 0.407 e. The summed E-state index contributed by atoms with van der Waals surface area (Å²) < 4.78 is 12.9. The van der Waals surface area contributed by atoms with E-state index in [2.05, 4.69) is 21.6 Å². The highest BCUT2D eigenvalue weighted by Gasteiger charge is 2.15. The van der Waals surface area contributed by atoms with Gasteiger partial charge in [-0.3, -0.25) is 0 Å². The SMILES string of the molecule is C=CCOC(=O)NCCCCCCn1c(=O)n(CCCCCCN=C=O)c(=O)n(CCCCCCOC#N)c1=O. The Kier molecular flexibility index (Phi) is 18.7. The average molecular weight is 563 g/mol. The third-order valence-corrected chi connectivity index (χ3v) is 6.20. The lowest BCUT2D eigenvalue weighted by Crippen LogP contribution is -2.54. The molecule has 1 heterocycles. The summed E-state index contributed by atoms with van der Waals surface area (Å²) in [5.41, 5.74) is -1.80. The molecule has 0 aliphatic carbocycles. The first-order valence-corrected chi connectivity index (χ1v) is 14.0. The fourth-order valence-electron chi connectivity index (χ4n) is 4.08. The Morgan fingerprint density at radius 3 is 1.82 bits per heavy atom. The molecule has 0 radical (unpaired) electrons. The van der Waals surface area contributed by atoms with Crippen LogP contribution in [0.3, 0.4) is 0 Å². The van der Waals surface area contributed by atoms with Crippen LogP contribution >= 0.6 is 0 Å². The average Bonchev–Trinajstić information content (AvgIpc) is 2.95. The smallest absolute Gasteiger partial charge is 0.407 e. The number of hydrogen-bond acceptors (Lipinski definition) is 9. The number of ether oxygens (including phenoxy) is 2. The number of carbonyl (C=O) groups excluding carboxylic acids is 2. The van der Waals surface area contributed by atoms with Crippen molar-refractivity contribution < 1.29 is 19.1 Å². The Morgan fingerprint density at radius 1 is 0.825 bits per heavy atom. The van der Waals surface area contributed by atoms with Crippen molar-refractivity contribution in [1.29, 1.82) is 5.26 Å². The monoisotopic (exact) mass is 562 g/mol. The van der Waals surface area contributed by atoms with Crippen LogP contribution in [0, 0.1) is 11.5 Å². The highest BCUT2D eigenvalue weighted by Crippen LogP contribution is 2.03. The Hall–Kier alpha value is -3.91. The topological polar surface area (TPSA) is 167 Å². The van der Waals surface area contributed by atoms with E-state index in [1.165, 1.54) is 12.2 Å². The summed E-state index contributed by atoms with van der Waals surface area (Å²) in [6.07, 6.45) is 12.6. The first kappa shape index (κ1) is 34.1. The second kappa shape index (κ2) is 22.0. The molecule has 1 aromatic heterocycles. The van der Waals surface area contributed by atoms with E-state index in [4.69, 9.17) is 10.00 Å². The Labute approximate surface area is 234 Å². The van der Waals surface area contributed by atoms with Gasteiger partial charge in [0.15, 0.2) is 0 Å². The molecule has 0 fully saturated rings. The second-order valence-corrected chi connectivity index (χ2v) is 9.27. The van der Waals surface area contributed by atoms with E-state index in [1.54, 1.807) is 6.26 Å². The van der Waals surface area contributed by atoms with E-state index in [0.717, 1.165) is 65.1 Å². The van der Waals surface area contributed by atoms with E-state index in [1.807, 2.05) is 0 Å². The number of amides is 1. The molecule has 0 saturated heterocycles. The highest BCUT2D eigenvalue weighted by molar-refractivity contribution is 5.67. The van der Waals surface area contributed by atoms with E-state index in [9.17, 15) is 24.0 Å². The molecule has 0 unspecified atom stereocenters. The van der Waals surface area contributed by atoms with Crippen molar-refractivity contribution in [3.63, 3.8) is 0 Å². The summed E-state index contributed by atoms with van der Waals surface area (Å²) in [5, 5.41) is 11.1. The van der Waals surface area contributed by atoms with Crippen LogP contribution in [0.15, 0.2) is 32.0 Å². The van der Waals surface area contributed by atoms with Gasteiger partial charge < -0.3 is 14.8 Å². The van der Waals surface area contributed by atoms with E-state index < -0.39 is 23.2 Å². The van der Waals surface area contributed by atoms with Gasteiger partial charge in [0.05, 0.1) is 6.54 Å². The normalized spacial score (nSPS) is 10.4. The molecule has 0 saturated carbocycles. The number of aromatic nitrogens is 3. The summed E-state index contributed by atoms with van der Waals surface area (Å²) >= 11 is 0. The van der Waals surface area contributed by atoms with Gasteiger partial charge >= 0.3 is 23.2 Å². The Morgan fingerprint density at radius 2 is 1.32 bits per heavy atom. The third kappa shape index (κ3) is 13.8. The quantitative estimate of drug-likeness (QED) is 0.0698. The third-order valence-electron chi connectivity index (χ3n) is 6.20. The molecule has 0 spiro atoms. The van der Waals surface area contributed by atoms with Crippen LogP contribution in [0.1, 0.15) is 77.0 Å². The number of nitrogens with zero attached hydrogens (tertiary/aromatic N) is 5. The fourth-order valence-corrected chi connectivity index (χ4v) is 4.08. The molecule has 0 atom stereocenters. The van der Waals surface area contributed by atoms with E-state index in [-0.39, 0.29) is 26.2 Å². The number of unbranched alkanes of at least 4 members (excludes halogenated alkanes) is 9. The van der Waals surface area contributed by atoms with Crippen molar-refractivity contribution in [1.82, 2.24) is 19.0 Å². The summed E-state index contributed by atoms with van der Waals surface area (Å²) in [6, 6.07) is 0. The zero-order chi connectivity index (χ0) is 29.4. The molecule has 13 heteroatoms. The predicted octanol–water partition coefficient (Wildman–Crippen LogP) is 2.60. The number of isocyanates is 1. The van der Waals surface area contributed by atoms with Gasteiger partial charge in [-0.15, -0.1) is 0 Å². The summed E-state index contributed by atoms with van der Waals surface area (Å²) in [6.45, 7) is 5.42. The van der Waals surface area contributed by atoms with Crippen molar-refractivity contribution in [2.45, 2.75) is 96.7 Å². The van der Waals surface area contributed by atoms with Crippen LogP contribution < -0.4 is 22.4 Å². The van der Waals surface area contributed by atoms with Crippen molar-refractivity contribution in [3.8, 4) is 6.26 Å². The van der Waals surface area contributed by atoms with E-state index >= 15 is 0 Å². The first-order chi connectivity index (χ1) is 19.5. The van der Waals surface area contributed by atoms with Gasteiger partial charge in [-0.2, -0.15) is 5.26 Å². The maximum absolute atomic E-state index is 13.1. The van der Waals surface area contributed by atoms with Crippen molar-refractivity contribution >= 4 is 12.2 Å². The lowest BCUT2D eigenvalue weighted by Gasteiger charge is -2.14. The number of alkyl carbamates (subject to hydrolysis) is 1. The van der Waals surface area contributed by atoms with Crippen LogP contribution in [-0.2, 0) is 33.9 Å². The van der Waals surface area contributed by atoms with Crippen molar-refractivity contribution in [2.24, 2.45) is 4.99 Å². The molecular weight excluding hydrogens is 520 g/mol. The molecule has 1 aromatic rings. The van der Waals surface area contributed by atoms with Crippen LogP contribution in [0.5, 0.6) is 0 Å². The molecule has 222 valence electrons. The van der Waals surface area contributed by atoms with Crippen molar-refractivity contribution in [2.75, 3.05) is 26.3 Å². The summed E-state index contributed by atoms with van der Waals surface area (Å²) in [5.74, 6) is 0. The van der Waals surface area contributed by atoms with E-state index in [0.29, 0.717) is 45.4 Å². The van der Waals surface area contributed by atoms with Gasteiger partial charge in [-0.05, 0) is 44.9 Å². The molecule has 13 nitrogen and oxygen atoms in total. The summed E-state index contributed by atoms with van der Waals surface area (Å²) in [4.78, 5) is 64.4. The minimum absolute atomic E-state index is 0.147. The predicted molar refractivity (Wildman–Crippen MR) is 149 cm³/mol. The number of nitrogens with one attached hydrogen (secondary N) is 1. The number of carbonyl (C=O) groups is 1. The van der Waals surface area contributed by atoms with Crippen molar-refractivity contribution in [3.05, 3.63) is 44.1 Å². The molecule has 0 bridgehead atoms. The minimum atomic E-state index is -0.600. The van der Waals surface area contributed by atoms with Gasteiger partial charge in [0.1, 0.15) is 13.2 Å². The Bertz CT molecular complexity index is 1160. The van der Waals surface area contributed by atoms with Crippen LogP contribution in [0.4, 0.5) is 4.79 Å². The number of rotatable bonds is 23. The van der Waals surface area contributed by atoms with Gasteiger partial charge in [-0.25, -0.2) is 42.7 Å². The molecule has 1 rings (SSSR count). The fraction of sp³-hybridized carbons (Fsp3) is 0.704. The molecule has 1 N–H and O–H groups in total. The Balaban J connectivity index is 2.78. The second-order valence-electron chi connectivity index (χ2n) is 9.27. The molecule has 40 heavy (non-hydrogen) atoms. The molecule has 0 aliphatic heterocycles. The van der Waals surface area contributed by atoms with Crippen LogP contribution in [0.2, 0.25) is 0 Å². The molecule has 1 amide bonds. The number of nitriles is 1. The standard InChI is InChI=1S/C27H42N6O7/c1-2-20-40-24(35)30-16-10-4-6-12-18-32-25(36)31(17-11-5-3-9-15-29-23-34)26(37)33(27(32)38)19-13-7-8-14-21-39-22-28/h2H,1,3-21H2,(H,30,35). The zero-order valence-corrected chi connectivity index (χ0v) is 23.3. The first-order valence-electron chi connectivity index (χ1n) is 14.0. The number of hydrogen-bond donors (Lipinski definition) is 1. The molecular formula is C27H42N6O7. The van der Waals surface area contributed by atoms with Gasteiger partial charge in [0.2, 0.25) is 6.08 Å². The van der Waals surface area contributed by atoms with Gasteiger partial charge in [0, 0.05) is 26.2 Å². The van der Waals surface area contributed by atoms with Gasteiger partial charge in [-0.1, -0.05) is 44.8 Å². The summed E-state index contributed by atoms with van der Waals surface area (Å²) in [7, 11) is 0.